The number of ether oxygens (including phenoxy) is 2. The number of alkyl halides is 1. The highest BCUT2D eigenvalue weighted by Gasteiger charge is 2.33. The fraction of sp³-hybridized carbons (Fsp3) is 1.00. The van der Waals surface area contributed by atoms with E-state index in [9.17, 15) is 0 Å². The van der Waals surface area contributed by atoms with E-state index in [1.807, 2.05) is 0 Å². The van der Waals surface area contributed by atoms with Crippen LogP contribution in [0.1, 0.15) is 58.3 Å². The second kappa shape index (κ2) is 10.2. The molecular weight excluding hydrogens is 304 g/mol. The van der Waals surface area contributed by atoms with Gasteiger partial charge in [-0.25, -0.2) is 0 Å². The Morgan fingerprint density at radius 2 is 1.89 bits per heavy atom. The third-order valence-corrected chi connectivity index (χ3v) is 5.81. The van der Waals surface area contributed by atoms with Crippen molar-refractivity contribution in [3.8, 4) is 0 Å². The quantitative estimate of drug-likeness (QED) is 0.422. The summed E-state index contributed by atoms with van der Waals surface area (Å²) in [5, 5.41) is 1.13. The molecule has 19 heavy (non-hydrogen) atoms. The molecule has 0 atom stereocenters. The Balaban J connectivity index is 2.22. The molecule has 0 aromatic heterocycles. The van der Waals surface area contributed by atoms with E-state index in [2.05, 4.69) is 22.9 Å². The molecule has 0 unspecified atom stereocenters. The summed E-state index contributed by atoms with van der Waals surface area (Å²) in [6, 6.07) is 0. The summed E-state index contributed by atoms with van der Waals surface area (Å²) < 4.78 is 10.7. The first-order chi connectivity index (χ1) is 9.26. The zero-order valence-corrected chi connectivity index (χ0v) is 14.3. The summed E-state index contributed by atoms with van der Waals surface area (Å²) in [5.41, 5.74) is 0.496. The van der Waals surface area contributed by atoms with Crippen molar-refractivity contribution in [2.45, 2.75) is 58.3 Å². The molecular formula is C16H31BrO2. The van der Waals surface area contributed by atoms with Gasteiger partial charge in [-0.2, -0.15) is 0 Å². The van der Waals surface area contributed by atoms with E-state index in [0.29, 0.717) is 12.0 Å². The average Bonchev–Trinajstić information content (AvgIpc) is 2.46. The van der Waals surface area contributed by atoms with Gasteiger partial charge >= 0.3 is 0 Å². The molecule has 0 aliphatic heterocycles. The predicted molar refractivity (Wildman–Crippen MR) is 85.0 cm³/mol. The minimum absolute atomic E-state index is 0.496. The Kier molecular flexibility index (Phi) is 9.34. The number of rotatable bonds is 10. The van der Waals surface area contributed by atoms with Crippen LogP contribution in [-0.2, 0) is 9.47 Å². The highest BCUT2D eigenvalue weighted by molar-refractivity contribution is 9.09. The van der Waals surface area contributed by atoms with Crippen LogP contribution in [0, 0.1) is 11.3 Å². The van der Waals surface area contributed by atoms with Crippen LogP contribution in [0.2, 0.25) is 0 Å². The molecule has 2 nitrogen and oxygen atoms in total. The van der Waals surface area contributed by atoms with Crippen LogP contribution in [0.4, 0.5) is 0 Å². The van der Waals surface area contributed by atoms with Crippen LogP contribution in [-0.4, -0.2) is 32.3 Å². The Bertz CT molecular complexity index is 207. The Labute approximate surface area is 127 Å². The smallest absolute Gasteiger partial charge is 0.0700 e. The maximum atomic E-state index is 5.65. The molecule has 0 spiro atoms. The van der Waals surface area contributed by atoms with Gasteiger partial charge in [-0.05, 0) is 43.4 Å². The molecule has 1 aliphatic carbocycles. The number of halogens is 1. The summed E-state index contributed by atoms with van der Waals surface area (Å²) in [6.07, 6.45) is 11.0. The number of unbranched alkanes of at least 4 members (excludes halogenated alkanes) is 1. The number of hydrogen-bond acceptors (Lipinski definition) is 2. The first-order valence-electron chi connectivity index (χ1n) is 7.89. The molecule has 114 valence electrons. The van der Waals surface area contributed by atoms with Crippen LogP contribution in [0.25, 0.3) is 0 Å². The molecule has 0 saturated heterocycles. The number of methoxy groups -OCH3 is 1. The molecule has 0 aromatic carbocycles. The monoisotopic (exact) mass is 334 g/mol. The standard InChI is InChI=1S/C16H31BrO2/c1-3-4-5-15-6-8-16(14-17,9-7-15)10-11-19-13-12-18-2/h15H,3-14H2,1-2H3. The van der Waals surface area contributed by atoms with Crippen LogP contribution in [0.5, 0.6) is 0 Å². The third-order valence-electron chi connectivity index (χ3n) is 4.62. The van der Waals surface area contributed by atoms with Gasteiger partial charge in [0.2, 0.25) is 0 Å². The summed E-state index contributed by atoms with van der Waals surface area (Å²) in [7, 11) is 1.72. The van der Waals surface area contributed by atoms with E-state index in [-0.39, 0.29) is 0 Å². The highest BCUT2D eigenvalue weighted by atomic mass is 79.9. The van der Waals surface area contributed by atoms with Gasteiger partial charge in [0.25, 0.3) is 0 Å². The first kappa shape index (κ1) is 17.5. The lowest BCUT2D eigenvalue weighted by Crippen LogP contribution is -2.30. The maximum Gasteiger partial charge on any atom is 0.0700 e. The topological polar surface area (TPSA) is 18.5 Å². The van der Waals surface area contributed by atoms with Crippen molar-refractivity contribution in [1.82, 2.24) is 0 Å². The average molecular weight is 335 g/mol. The molecule has 3 heteroatoms. The molecule has 0 bridgehead atoms. The number of hydrogen-bond donors (Lipinski definition) is 0. The van der Waals surface area contributed by atoms with E-state index in [1.165, 1.54) is 51.4 Å². The molecule has 1 rings (SSSR count). The van der Waals surface area contributed by atoms with E-state index < -0.39 is 0 Å². The molecule has 1 fully saturated rings. The second-order valence-electron chi connectivity index (χ2n) is 6.07. The van der Waals surface area contributed by atoms with Crippen molar-refractivity contribution < 1.29 is 9.47 Å². The van der Waals surface area contributed by atoms with Crippen molar-refractivity contribution in [3.05, 3.63) is 0 Å². The van der Waals surface area contributed by atoms with E-state index in [0.717, 1.165) is 24.5 Å². The SMILES string of the molecule is CCCCC1CCC(CBr)(CCOCCOC)CC1. The minimum Gasteiger partial charge on any atom is -0.382 e. The van der Waals surface area contributed by atoms with Gasteiger partial charge < -0.3 is 9.47 Å². The van der Waals surface area contributed by atoms with Gasteiger partial charge in [-0.15, -0.1) is 0 Å². The summed E-state index contributed by atoms with van der Waals surface area (Å²) in [6.45, 7) is 4.62. The zero-order chi connectivity index (χ0) is 14.0. The molecule has 1 saturated carbocycles. The lowest BCUT2D eigenvalue weighted by Gasteiger charge is -2.39. The molecule has 1 aliphatic rings. The van der Waals surface area contributed by atoms with Crippen molar-refractivity contribution >= 4 is 15.9 Å². The van der Waals surface area contributed by atoms with Crippen molar-refractivity contribution in [2.24, 2.45) is 11.3 Å². The second-order valence-corrected chi connectivity index (χ2v) is 6.64. The highest BCUT2D eigenvalue weighted by Crippen LogP contribution is 2.44. The molecule has 0 aromatic rings. The molecule has 0 heterocycles. The van der Waals surface area contributed by atoms with Gasteiger partial charge in [0.05, 0.1) is 13.2 Å². The Morgan fingerprint density at radius 3 is 2.47 bits per heavy atom. The summed E-state index contributed by atoms with van der Waals surface area (Å²) in [5.74, 6) is 0.988. The van der Waals surface area contributed by atoms with E-state index >= 15 is 0 Å². The zero-order valence-electron chi connectivity index (χ0n) is 12.8. The maximum absolute atomic E-state index is 5.65. The Morgan fingerprint density at radius 1 is 1.16 bits per heavy atom. The van der Waals surface area contributed by atoms with Crippen LogP contribution in [0.3, 0.4) is 0 Å². The fourth-order valence-electron chi connectivity index (χ4n) is 3.05. The van der Waals surface area contributed by atoms with E-state index in [4.69, 9.17) is 9.47 Å². The third kappa shape index (κ3) is 6.59. The predicted octanol–water partition coefficient (Wildman–Crippen LogP) is 4.80. The van der Waals surface area contributed by atoms with Gasteiger partial charge in [0.1, 0.15) is 0 Å². The minimum atomic E-state index is 0.496. The van der Waals surface area contributed by atoms with E-state index in [1.54, 1.807) is 7.11 Å². The molecule has 0 N–H and O–H groups in total. The normalized spacial score (nSPS) is 27.6. The lowest BCUT2D eigenvalue weighted by molar-refractivity contribution is 0.0430. The summed E-state index contributed by atoms with van der Waals surface area (Å²) in [4.78, 5) is 0. The summed E-state index contributed by atoms with van der Waals surface area (Å²) >= 11 is 3.74. The van der Waals surface area contributed by atoms with Crippen LogP contribution in [0.15, 0.2) is 0 Å². The van der Waals surface area contributed by atoms with Crippen molar-refractivity contribution in [3.63, 3.8) is 0 Å². The fourth-order valence-corrected chi connectivity index (χ4v) is 3.90. The van der Waals surface area contributed by atoms with Crippen LogP contribution < -0.4 is 0 Å². The van der Waals surface area contributed by atoms with Crippen molar-refractivity contribution in [2.75, 3.05) is 32.3 Å². The Hall–Kier alpha value is 0.400. The van der Waals surface area contributed by atoms with Crippen LogP contribution >= 0.6 is 15.9 Å². The molecule has 0 radical (unpaired) electrons. The van der Waals surface area contributed by atoms with Gasteiger partial charge in [-0.3, -0.25) is 0 Å². The van der Waals surface area contributed by atoms with Gasteiger partial charge in [0, 0.05) is 19.0 Å². The molecule has 0 amide bonds. The van der Waals surface area contributed by atoms with Crippen molar-refractivity contribution in [1.29, 1.82) is 0 Å². The largest absolute Gasteiger partial charge is 0.382 e. The van der Waals surface area contributed by atoms with Gasteiger partial charge in [-0.1, -0.05) is 42.1 Å². The first-order valence-corrected chi connectivity index (χ1v) is 9.01. The lowest BCUT2D eigenvalue weighted by atomic mass is 9.69. The van der Waals surface area contributed by atoms with Gasteiger partial charge in [0.15, 0.2) is 0 Å².